The number of hydrogen-bond acceptors (Lipinski definition) is 3. The maximum Gasteiger partial charge on any atom is 0.416 e. The largest absolute Gasteiger partial charge is 0.416 e. The number of rotatable bonds is 5. The molecule has 122 valence electrons. The van der Waals surface area contributed by atoms with Crippen LogP contribution in [0.1, 0.15) is 24.5 Å². The summed E-state index contributed by atoms with van der Waals surface area (Å²) in [7, 11) is 0. The summed E-state index contributed by atoms with van der Waals surface area (Å²) in [5.74, 6) is -0.234. The molecule has 23 heavy (non-hydrogen) atoms. The molecule has 2 aromatic rings. The van der Waals surface area contributed by atoms with Gasteiger partial charge in [-0.3, -0.25) is 4.79 Å². The predicted molar refractivity (Wildman–Crippen MR) is 79.1 cm³/mol. The molecule has 2 N–H and O–H groups in total. The molecule has 0 saturated heterocycles. The number of amides is 1. The van der Waals surface area contributed by atoms with Crippen LogP contribution in [-0.4, -0.2) is 15.9 Å². The van der Waals surface area contributed by atoms with E-state index < -0.39 is 11.7 Å². The van der Waals surface area contributed by atoms with E-state index >= 15 is 0 Å². The maximum absolute atomic E-state index is 12.5. The Morgan fingerprint density at radius 3 is 2.22 bits per heavy atom. The van der Waals surface area contributed by atoms with E-state index in [0.29, 0.717) is 24.2 Å². The van der Waals surface area contributed by atoms with E-state index in [1.807, 2.05) is 0 Å². The summed E-state index contributed by atoms with van der Waals surface area (Å²) in [6.07, 6.45) is 0.0531. The van der Waals surface area contributed by atoms with Crippen molar-refractivity contribution < 1.29 is 18.0 Å². The fourth-order valence-electron chi connectivity index (χ4n) is 1.97. The highest BCUT2D eigenvalue weighted by Crippen LogP contribution is 2.30. The molecule has 2 rings (SSSR count). The first-order chi connectivity index (χ1) is 10.8. The highest BCUT2D eigenvalue weighted by Gasteiger charge is 2.30. The average Bonchev–Trinajstić information content (AvgIpc) is 2.52. The van der Waals surface area contributed by atoms with Crippen LogP contribution < -0.4 is 5.73 Å². The molecule has 0 bridgehead atoms. The van der Waals surface area contributed by atoms with Crippen LogP contribution in [0.4, 0.5) is 13.2 Å². The number of aryl methyl sites for hydroxylation is 1. The van der Waals surface area contributed by atoms with E-state index in [2.05, 4.69) is 9.97 Å². The number of carbonyl (C=O) groups is 1. The Labute approximate surface area is 131 Å². The van der Waals surface area contributed by atoms with Gasteiger partial charge in [0.05, 0.1) is 5.56 Å². The Morgan fingerprint density at radius 2 is 1.74 bits per heavy atom. The van der Waals surface area contributed by atoms with Crippen LogP contribution in [0.3, 0.4) is 0 Å². The summed E-state index contributed by atoms with van der Waals surface area (Å²) in [5, 5.41) is 0. The highest BCUT2D eigenvalue weighted by atomic mass is 19.4. The molecule has 1 heterocycles. The van der Waals surface area contributed by atoms with Gasteiger partial charge in [0, 0.05) is 23.9 Å². The zero-order chi connectivity index (χ0) is 17.0. The van der Waals surface area contributed by atoms with Gasteiger partial charge in [-0.25, -0.2) is 9.97 Å². The summed E-state index contributed by atoms with van der Waals surface area (Å²) in [6, 6.07) is 4.68. The van der Waals surface area contributed by atoms with Gasteiger partial charge in [-0.15, -0.1) is 0 Å². The minimum atomic E-state index is -4.36. The Balaban J connectivity index is 2.06. The van der Waals surface area contributed by atoms with Crippen LogP contribution in [0.25, 0.3) is 11.4 Å². The Hall–Kier alpha value is -2.44. The molecule has 1 aromatic carbocycles. The lowest BCUT2D eigenvalue weighted by atomic mass is 10.0. The number of benzene rings is 1. The molecule has 1 atom stereocenters. The first-order valence-electron chi connectivity index (χ1n) is 7.05. The van der Waals surface area contributed by atoms with Crippen molar-refractivity contribution in [1.82, 2.24) is 9.97 Å². The minimum Gasteiger partial charge on any atom is -0.369 e. The van der Waals surface area contributed by atoms with Gasteiger partial charge in [0.1, 0.15) is 0 Å². The standard InChI is InChI=1S/C16H16F3N3O/c1-10(14(20)23)2-3-11-8-21-15(22-9-11)12-4-6-13(7-5-12)16(17,18)19/h4-10H,2-3H2,1H3,(H2,20,23)/t10-/m0/s1. The van der Waals surface area contributed by atoms with Crippen molar-refractivity contribution >= 4 is 5.91 Å². The second kappa shape index (κ2) is 6.76. The molecule has 0 aliphatic heterocycles. The van der Waals surface area contributed by atoms with E-state index in [9.17, 15) is 18.0 Å². The van der Waals surface area contributed by atoms with Crippen LogP contribution >= 0.6 is 0 Å². The lowest BCUT2D eigenvalue weighted by Gasteiger charge is -2.08. The molecule has 7 heteroatoms. The zero-order valence-electron chi connectivity index (χ0n) is 12.5. The van der Waals surface area contributed by atoms with Gasteiger partial charge in [0.15, 0.2) is 5.82 Å². The predicted octanol–water partition coefficient (Wildman–Crippen LogP) is 3.22. The maximum atomic E-state index is 12.5. The molecule has 0 radical (unpaired) electrons. The van der Waals surface area contributed by atoms with Crippen molar-refractivity contribution in [2.24, 2.45) is 11.7 Å². The van der Waals surface area contributed by atoms with Gasteiger partial charge in [-0.1, -0.05) is 19.1 Å². The second-order valence-electron chi connectivity index (χ2n) is 5.33. The third-order valence-electron chi connectivity index (χ3n) is 3.53. The number of primary amides is 1. The summed E-state index contributed by atoms with van der Waals surface area (Å²) in [5.41, 5.74) is 5.83. The normalized spacial score (nSPS) is 12.9. The van der Waals surface area contributed by atoms with Gasteiger partial charge in [0.2, 0.25) is 5.91 Å². The number of hydrogen-bond donors (Lipinski definition) is 1. The third-order valence-corrected chi connectivity index (χ3v) is 3.53. The van der Waals surface area contributed by atoms with Gasteiger partial charge >= 0.3 is 6.18 Å². The number of carbonyl (C=O) groups excluding carboxylic acids is 1. The SMILES string of the molecule is C[C@@H](CCc1cnc(-c2ccc(C(F)(F)F)cc2)nc1)C(N)=O. The first-order valence-corrected chi connectivity index (χ1v) is 7.05. The van der Waals surface area contributed by atoms with Crippen LogP contribution in [0, 0.1) is 5.92 Å². The van der Waals surface area contributed by atoms with Gasteiger partial charge < -0.3 is 5.73 Å². The number of aromatic nitrogens is 2. The molecule has 0 saturated carbocycles. The molecule has 0 fully saturated rings. The lowest BCUT2D eigenvalue weighted by molar-refractivity contribution is -0.137. The molecule has 0 aliphatic rings. The monoisotopic (exact) mass is 323 g/mol. The zero-order valence-corrected chi connectivity index (χ0v) is 12.5. The van der Waals surface area contributed by atoms with Crippen molar-refractivity contribution in [2.45, 2.75) is 25.9 Å². The van der Waals surface area contributed by atoms with Crippen LogP contribution in [0.15, 0.2) is 36.7 Å². The highest BCUT2D eigenvalue weighted by molar-refractivity contribution is 5.76. The summed E-state index contributed by atoms with van der Waals surface area (Å²) >= 11 is 0. The van der Waals surface area contributed by atoms with Crippen LogP contribution in [0.2, 0.25) is 0 Å². The second-order valence-corrected chi connectivity index (χ2v) is 5.33. The molecule has 0 spiro atoms. The number of nitrogens with zero attached hydrogens (tertiary/aromatic N) is 2. The van der Waals surface area contributed by atoms with Crippen molar-refractivity contribution in [3.8, 4) is 11.4 Å². The summed E-state index contributed by atoms with van der Waals surface area (Å²) in [4.78, 5) is 19.3. The number of nitrogens with two attached hydrogens (primary N) is 1. The molecular weight excluding hydrogens is 307 g/mol. The van der Waals surface area contributed by atoms with Crippen LogP contribution in [-0.2, 0) is 17.4 Å². The van der Waals surface area contributed by atoms with E-state index in [-0.39, 0.29) is 11.8 Å². The molecular formula is C16H16F3N3O. The Kier molecular flexibility index (Phi) is 4.98. The molecule has 0 aliphatic carbocycles. The van der Waals surface area contributed by atoms with Crippen molar-refractivity contribution in [1.29, 1.82) is 0 Å². The topological polar surface area (TPSA) is 68.9 Å². The van der Waals surface area contributed by atoms with Crippen LogP contribution in [0.5, 0.6) is 0 Å². The molecule has 1 aromatic heterocycles. The Bertz CT molecular complexity index is 666. The minimum absolute atomic E-state index is 0.232. The third kappa shape index (κ3) is 4.51. The Morgan fingerprint density at radius 1 is 1.17 bits per heavy atom. The number of alkyl halides is 3. The van der Waals surface area contributed by atoms with E-state index in [0.717, 1.165) is 17.7 Å². The van der Waals surface area contributed by atoms with Crippen molar-refractivity contribution in [3.63, 3.8) is 0 Å². The molecule has 1 amide bonds. The lowest BCUT2D eigenvalue weighted by Crippen LogP contribution is -2.20. The fourth-order valence-corrected chi connectivity index (χ4v) is 1.97. The molecule has 0 unspecified atom stereocenters. The van der Waals surface area contributed by atoms with Gasteiger partial charge in [-0.2, -0.15) is 13.2 Å². The number of halogens is 3. The van der Waals surface area contributed by atoms with Gasteiger partial charge in [-0.05, 0) is 30.5 Å². The van der Waals surface area contributed by atoms with E-state index in [1.54, 1.807) is 19.3 Å². The first kappa shape index (κ1) is 16.9. The molecule has 4 nitrogen and oxygen atoms in total. The van der Waals surface area contributed by atoms with Gasteiger partial charge in [0.25, 0.3) is 0 Å². The van der Waals surface area contributed by atoms with E-state index in [4.69, 9.17) is 5.73 Å². The fraction of sp³-hybridized carbons (Fsp3) is 0.312. The summed E-state index contributed by atoms with van der Waals surface area (Å²) in [6.45, 7) is 1.75. The summed E-state index contributed by atoms with van der Waals surface area (Å²) < 4.78 is 37.6. The van der Waals surface area contributed by atoms with Crippen molar-refractivity contribution in [2.75, 3.05) is 0 Å². The van der Waals surface area contributed by atoms with E-state index in [1.165, 1.54) is 12.1 Å². The average molecular weight is 323 g/mol. The van der Waals surface area contributed by atoms with Crippen molar-refractivity contribution in [3.05, 3.63) is 47.8 Å². The smallest absolute Gasteiger partial charge is 0.369 e. The quantitative estimate of drug-likeness (QED) is 0.918.